The van der Waals surface area contributed by atoms with Crippen molar-refractivity contribution in [2.75, 3.05) is 20.6 Å². The number of hydrogen-bond donors (Lipinski definition) is 0. The van der Waals surface area contributed by atoms with E-state index >= 15 is 0 Å². The predicted molar refractivity (Wildman–Crippen MR) is 78.8 cm³/mol. The fourth-order valence-electron chi connectivity index (χ4n) is 2.79. The zero-order valence-corrected chi connectivity index (χ0v) is 12.4. The molecule has 1 amide bonds. The van der Waals surface area contributed by atoms with Crippen molar-refractivity contribution >= 4 is 5.91 Å². The molecule has 0 aliphatic carbocycles. The minimum atomic E-state index is 0.0208. The van der Waals surface area contributed by atoms with E-state index in [0.29, 0.717) is 12.1 Å². The number of amides is 1. The Kier molecular flexibility index (Phi) is 3.75. The van der Waals surface area contributed by atoms with Gasteiger partial charge in [0.25, 0.3) is 5.91 Å². The molecule has 0 spiro atoms. The number of hydrogen-bond acceptors (Lipinski definition) is 4. The second-order valence-electron chi connectivity index (χ2n) is 5.66. The van der Waals surface area contributed by atoms with Gasteiger partial charge in [0.1, 0.15) is 6.26 Å². The molecular weight excluding hydrogens is 266 g/mol. The van der Waals surface area contributed by atoms with Crippen molar-refractivity contribution in [1.82, 2.24) is 14.8 Å². The quantitative estimate of drug-likeness (QED) is 0.864. The van der Waals surface area contributed by atoms with Gasteiger partial charge in [0, 0.05) is 32.0 Å². The van der Waals surface area contributed by atoms with Crippen LogP contribution < -0.4 is 0 Å². The lowest BCUT2D eigenvalue weighted by atomic mass is 9.96. The summed E-state index contributed by atoms with van der Waals surface area (Å²) in [6, 6.07) is 1.71. The molecule has 0 unspecified atom stereocenters. The maximum absolute atomic E-state index is 12.4. The van der Waals surface area contributed by atoms with Gasteiger partial charge in [0.05, 0.1) is 11.8 Å². The van der Waals surface area contributed by atoms with E-state index in [-0.39, 0.29) is 5.91 Å². The normalized spacial score (nSPS) is 14.3. The highest BCUT2D eigenvalue weighted by molar-refractivity contribution is 5.93. The molecular formula is C16H19N3O2. The van der Waals surface area contributed by atoms with E-state index in [2.05, 4.69) is 24.0 Å². The molecule has 1 aliphatic heterocycles. The Morgan fingerprint density at radius 3 is 3.00 bits per heavy atom. The van der Waals surface area contributed by atoms with Gasteiger partial charge in [-0.2, -0.15) is 0 Å². The van der Waals surface area contributed by atoms with E-state index in [1.54, 1.807) is 6.07 Å². The molecule has 2 aromatic heterocycles. The SMILES string of the molecule is CN(C)Cc1cncc2c1CCN(C(=O)c1ccoc1)C2. The van der Waals surface area contributed by atoms with Crippen molar-refractivity contribution in [3.8, 4) is 0 Å². The van der Waals surface area contributed by atoms with Crippen molar-refractivity contribution in [3.05, 3.63) is 53.2 Å². The number of rotatable bonds is 3. The summed E-state index contributed by atoms with van der Waals surface area (Å²) in [5.74, 6) is 0.0208. The van der Waals surface area contributed by atoms with Crippen molar-refractivity contribution in [1.29, 1.82) is 0 Å². The first-order chi connectivity index (χ1) is 10.1. The van der Waals surface area contributed by atoms with Gasteiger partial charge in [-0.25, -0.2) is 0 Å². The Morgan fingerprint density at radius 2 is 2.29 bits per heavy atom. The number of fused-ring (bicyclic) bond motifs is 1. The molecule has 21 heavy (non-hydrogen) atoms. The standard InChI is InChI=1S/C16H19N3O2/c1-18(2)9-13-7-17-8-14-10-19(5-3-15(13)14)16(20)12-4-6-21-11-12/h4,6-8,11H,3,5,9-10H2,1-2H3. The molecule has 0 bridgehead atoms. The van der Waals surface area contributed by atoms with Gasteiger partial charge in [0.2, 0.25) is 0 Å². The van der Waals surface area contributed by atoms with Gasteiger partial charge in [0.15, 0.2) is 0 Å². The second kappa shape index (κ2) is 5.69. The molecule has 1 aliphatic rings. The zero-order chi connectivity index (χ0) is 14.8. The Hall–Kier alpha value is -2.14. The van der Waals surface area contributed by atoms with Crippen LogP contribution in [0.5, 0.6) is 0 Å². The Bertz CT molecular complexity index is 635. The summed E-state index contributed by atoms with van der Waals surface area (Å²) in [7, 11) is 4.11. The number of nitrogens with zero attached hydrogens (tertiary/aromatic N) is 3. The third-order valence-electron chi connectivity index (χ3n) is 3.77. The topological polar surface area (TPSA) is 49.6 Å². The first-order valence-corrected chi connectivity index (χ1v) is 7.06. The minimum absolute atomic E-state index is 0.0208. The monoisotopic (exact) mass is 285 g/mol. The van der Waals surface area contributed by atoms with Crippen LogP contribution in [-0.2, 0) is 19.5 Å². The number of pyridine rings is 1. The highest BCUT2D eigenvalue weighted by Crippen LogP contribution is 2.23. The van der Waals surface area contributed by atoms with E-state index in [1.165, 1.54) is 23.7 Å². The molecule has 2 aromatic rings. The van der Waals surface area contributed by atoms with Crippen molar-refractivity contribution in [2.45, 2.75) is 19.5 Å². The molecule has 0 aromatic carbocycles. The number of carbonyl (C=O) groups excluding carboxylic acids is 1. The number of aromatic nitrogens is 1. The van der Waals surface area contributed by atoms with Crippen LogP contribution in [-0.4, -0.2) is 41.3 Å². The van der Waals surface area contributed by atoms with Crippen molar-refractivity contribution < 1.29 is 9.21 Å². The summed E-state index contributed by atoms with van der Waals surface area (Å²) < 4.78 is 4.99. The summed E-state index contributed by atoms with van der Waals surface area (Å²) in [5.41, 5.74) is 4.36. The van der Waals surface area contributed by atoms with Crippen LogP contribution in [0.25, 0.3) is 0 Å². The molecule has 110 valence electrons. The minimum Gasteiger partial charge on any atom is -0.472 e. The van der Waals surface area contributed by atoms with Crippen LogP contribution in [0.15, 0.2) is 35.4 Å². The van der Waals surface area contributed by atoms with Crippen LogP contribution in [0.1, 0.15) is 27.0 Å². The maximum atomic E-state index is 12.4. The van der Waals surface area contributed by atoms with Gasteiger partial charge in [-0.15, -0.1) is 0 Å². The highest BCUT2D eigenvalue weighted by Gasteiger charge is 2.24. The van der Waals surface area contributed by atoms with E-state index in [0.717, 1.165) is 25.1 Å². The second-order valence-corrected chi connectivity index (χ2v) is 5.66. The van der Waals surface area contributed by atoms with Crippen LogP contribution >= 0.6 is 0 Å². The van der Waals surface area contributed by atoms with Gasteiger partial charge in [-0.3, -0.25) is 9.78 Å². The summed E-state index contributed by atoms with van der Waals surface area (Å²) >= 11 is 0. The average Bonchev–Trinajstić information content (AvgIpc) is 3.00. The van der Waals surface area contributed by atoms with E-state index in [1.807, 2.05) is 17.3 Å². The molecule has 0 N–H and O–H groups in total. The fraction of sp³-hybridized carbons (Fsp3) is 0.375. The average molecular weight is 285 g/mol. The van der Waals surface area contributed by atoms with E-state index < -0.39 is 0 Å². The number of carbonyl (C=O) groups is 1. The molecule has 5 heteroatoms. The lowest BCUT2D eigenvalue weighted by Gasteiger charge is -2.30. The molecule has 5 nitrogen and oxygen atoms in total. The third kappa shape index (κ3) is 2.83. The summed E-state index contributed by atoms with van der Waals surface area (Å²) in [5, 5.41) is 0. The Morgan fingerprint density at radius 1 is 1.43 bits per heavy atom. The van der Waals surface area contributed by atoms with Crippen molar-refractivity contribution in [3.63, 3.8) is 0 Å². The van der Waals surface area contributed by atoms with E-state index in [9.17, 15) is 4.79 Å². The third-order valence-corrected chi connectivity index (χ3v) is 3.77. The lowest BCUT2D eigenvalue weighted by Crippen LogP contribution is -2.36. The predicted octanol–water partition coefficient (Wildman–Crippen LogP) is 1.93. The Balaban J connectivity index is 1.81. The first kappa shape index (κ1) is 13.8. The first-order valence-electron chi connectivity index (χ1n) is 7.06. The molecule has 3 rings (SSSR count). The van der Waals surface area contributed by atoms with Crippen molar-refractivity contribution in [2.24, 2.45) is 0 Å². The van der Waals surface area contributed by atoms with Gasteiger partial charge >= 0.3 is 0 Å². The van der Waals surface area contributed by atoms with Gasteiger partial charge < -0.3 is 14.2 Å². The van der Waals surface area contributed by atoms with Crippen LogP contribution in [0.2, 0.25) is 0 Å². The summed E-state index contributed by atoms with van der Waals surface area (Å²) in [4.78, 5) is 20.7. The molecule has 3 heterocycles. The van der Waals surface area contributed by atoms with Crippen LogP contribution in [0.4, 0.5) is 0 Å². The van der Waals surface area contributed by atoms with Crippen LogP contribution in [0.3, 0.4) is 0 Å². The molecule has 0 atom stereocenters. The van der Waals surface area contributed by atoms with Crippen LogP contribution in [0, 0.1) is 0 Å². The summed E-state index contributed by atoms with van der Waals surface area (Å²) in [6.45, 7) is 2.24. The largest absolute Gasteiger partial charge is 0.472 e. The van der Waals surface area contributed by atoms with E-state index in [4.69, 9.17) is 4.42 Å². The molecule has 0 saturated carbocycles. The number of furan rings is 1. The Labute approximate surface area is 124 Å². The molecule has 0 saturated heterocycles. The highest BCUT2D eigenvalue weighted by atomic mass is 16.3. The zero-order valence-electron chi connectivity index (χ0n) is 12.4. The van der Waals surface area contributed by atoms with Gasteiger partial charge in [-0.1, -0.05) is 0 Å². The molecule has 0 radical (unpaired) electrons. The fourth-order valence-corrected chi connectivity index (χ4v) is 2.79. The molecule has 0 fully saturated rings. The summed E-state index contributed by atoms with van der Waals surface area (Å²) in [6.07, 6.45) is 7.72. The lowest BCUT2D eigenvalue weighted by molar-refractivity contribution is 0.0733. The maximum Gasteiger partial charge on any atom is 0.257 e. The van der Waals surface area contributed by atoms with Gasteiger partial charge in [-0.05, 0) is 43.3 Å². The smallest absolute Gasteiger partial charge is 0.257 e.